The molecule has 0 aliphatic rings. The molecular formula is C10H12N4S. The molecule has 1 aromatic heterocycles. The fraction of sp³-hybridized carbons (Fsp3) is 0.200. The van der Waals surface area contributed by atoms with E-state index in [2.05, 4.69) is 10.2 Å². The molecule has 0 bridgehead atoms. The molecule has 1 heterocycles. The molecule has 0 saturated heterocycles. The van der Waals surface area contributed by atoms with E-state index in [-0.39, 0.29) is 0 Å². The standard InChI is InChI=1S/C10H12N4S/c1-7-4-2-3-5-8(7)14-9(6-11)12-13-10(14)15/h2-5H,6,11H2,1H3,(H,13,15). The summed E-state index contributed by atoms with van der Waals surface area (Å²) in [5, 5.41) is 6.82. The van der Waals surface area contributed by atoms with E-state index in [1.807, 2.05) is 35.8 Å². The zero-order valence-corrected chi connectivity index (χ0v) is 9.21. The lowest BCUT2D eigenvalue weighted by Gasteiger charge is -2.07. The van der Waals surface area contributed by atoms with Crippen molar-refractivity contribution in [2.75, 3.05) is 0 Å². The fourth-order valence-corrected chi connectivity index (χ4v) is 1.78. The van der Waals surface area contributed by atoms with Crippen LogP contribution in [0, 0.1) is 11.7 Å². The van der Waals surface area contributed by atoms with Gasteiger partial charge in [-0.25, -0.2) is 0 Å². The highest BCUT2D eigenvalue weighted by Gasteiger charge is 2.07. The second-order valence-electron chi connectivity index (χ2n) is 3.27. The molecule has 78 valence electrons. The maximum absolute atomic E-state index is 5.60. The van der Waals surface area contributed by atoms with Crippen LogP contribution in [0.15, 0.2) is 24.3 Å². The van der Waals surface area contributed by atoms with Gasteiger partial charge in [-0.1, -0.05) is 18.2 Å². The summed E-state index contributed by atoms with van der Waals surface area (Å²) in [5.41, 5.74) is 7.77. The highest BCUT2D eigenvalue weighted by atomic mass is 32.1. The molecule has 3 N–H and O–H groups in total. The molecule has 15 heavy (non-hydrogen) atoms. The third-order valence-electron chi connectivity index (χ3n) is 2.28. The van der Waals surface area contributed by atoms with E-state index in [9.17, 15) is 0 Å². The monoisotopic (exact) mass is 220 g/mol. The quantitative estimate of drug-likeness (QED) is 0.757. The van der Waals surface area contributed by atoms with Gasteiger partial charge in [0.05, 0.1) is 12.2 Å². The second-order valence-corrected chi connectivity index (χ2v) is 3.66. The van der Waals surface area contributed by atoms with Crippen LogP contribution in [0.25, 0.3) is 5.69 Å². The number of hydrogen-bond donors (Lipinski definition) is 2. The van der Waals surface area contributed by atoms with Crippen molar-refractivity contribution in [2.45, 2.75) is 13.5 Å². The maximum Gasteiger partial charge on any atom is 0.199 e. The van der Waals surface area contributed by atoms with E-state index in [0.29, 0.717) is 11.3 Å². The van der Waals surface area contributed by atoms with Crippen LogP contribution < -0.4 is 5.73 Å². The van der Waals surface area contributed by atoms with Crippen LogP contribution >= 0.6 is 12.2 Å². The lowest BCUT2D eigenvalue weighted by Crippen LogP contribution is -2.07. The summed E-state index contributed by atoms with van der Waals surface area (Å²) in [6.45, 7) is 2.39. The number of para-hydroxylation sites is 1. The summed E-state index contributed by atoms with van der Waals surface area (Å²) < 4.78 is 2.44. The predicted octanol–water partition coefficient (Wildman–Crippen LogP) is 1.70. The zero-order valence-electron chi connectivity index (χ0n) is 8.40. The Morgan fingerprint density at radius 1 is 1.47 bits per heavy atom. The minimum Gasteiger partial charge on any atom is -0.324 e. The molecular weight excluding hydrogens is 208 g/mol. The summed E-state index contributed by atoms with van der Waals surface area (Å²) >= 11 is 5.17. The molecule has 0 aliphatic heterocycles. The smallest absolute Gasteiger partial charge is 0.199 e. The van der Waals surface area contributed by atoms with Crippen molar-refractivity contribution in [3.63, 3.8) is 0 Å². The lowest BCUT2D eigenvalue weighted by atomic mass is 10.2. The average Bonchev–Trinajstić information content (AvgIpc) is 2.60. The Labute approximate surface area is 92.7 Å². The molecule has 0 atom stereocenters. The van der Waals surface area contributed by atoms with Gasteiger partial charge in [-0.15, -0.1) is 0 Å². The van der Waals surface area contributed by atoms with Gasteiger partial charge in [-0.3, -0.25) is 9.67 Å². The Morgan fingerprint density at radius 3 is 2.87 bits per heavy atom. The number of H-pyrrole nitrogens is 1. The summed E-state index contributed by atoms with van der Waals surface area (Å²) in [4.78, 5) is 0. The van der Waals surface area contributed by atoms with Gasteiger partial charge in [0.25, 0.3) is 0 Å². The van der Waals surface area contributed by atoms with Crippen molar-refractivity contribution < 1.29 is 0 Å². The van der Waals surface area contributed by atoms with E-state index in [1.54, 1.807) is 0 Å². The van der Waals surface area contributed by atoms with E-state index < -0.39 is 0 Å². The van der Waals surface area contributed by atoms with Crippen LogP contribution in [-0.4, -0.2) is 14.8 Å². The topological polar surface area (TPSA) is 59.6 Å². The van der Waals surface area contributed by atoms with Crippen LogP contribution in [0.4, 0.5) is 0 Å². The molecule has 0 amide bonds. The maximum atomic E-state index is 5.60. The first-order valence-electron chi connectivity index (χ1n) is 4.66. The number of nitrogens with zero attached hydrogens (tertiary/aromatic N) is 2. The second kappa shape index (κ2) is 3.96. The summed E-state index contributed by atoms with van der Waals surface area (Å²) in [6, 6.07) is 7.99. The number of nitrogens with two attached hydrogens (primary N) is 1. The Hall–Kier alpha value is -1.46. The normalized spacial score (nSPS) is 10.5. The number of aryl methyl sites for hydroxylation is 1. The van der Waals surface area contributed by atoms with Gasteiger partial charge in [0.1, 0.15) is 5.82 Å². The van der Waals surface area contributed by atoms with Crippen LogP contribution in [0.5, 0.6) is 0 Å². The first kappa shape index (κ1) is 10.1. The van der Waals surface area contributed by atoms with Crippen molar-refractivity contribution >= 4 is 12.2 Å². The summed E-state index contributed by atoms with van der Waals surface area (Å²) in [7, 11) is 0. The Bertz CT molecular complexity index is 526. The Balaban J connectivity index is 2.68. The van der Waals surface area contributed by atoms with Crippen molar-refractivity contribution in [3.05, 3.63) is 40.4 Å². The first-order valence-corrected chi connectivity index (χ1v) is 5.07. The van der Waals surface area contributed by atoms with Crippen LogP contribution in [-0.2, 0) is 6.54 Å². The van der Waals surface area contributed by atoms with Crippen LogP contribution in [0.3, 0.4) is 0 Å². The van der Waals surface area contributed by atoms with Crippen molar-refractivity contribution in [1.29, 1.82) is 0 Å². The number of aromatic amines is 1. The Kier molecular flexibility index (Phi) is 2.66. The third kappa shape index (κ3) is 1.71. The molecule has 5 heteroatoms. The van der Waals surface area contributed by atoms with E-state index in [4.69, 9.17) is 18.0 Å². The number of rotatable bonds is 2. The number of hydrogen-bond acceptors (Lipinski definition) is 3. The van der Waals surface area contributed by atoms with Gasteiger partial charge in [-0.2, -0.15) is 5.10 Å². The Morgan fingerprint density at radius 2 is 2.20 bits per heavy atom. The highest BCUT2D eigenvalue weighted by Crippen LogP contribution is 2.15. The van der Waals surface area contributed by atoms with Gasteiger partial charge in [0.15, 0.2) is 4.77 Å². The third-order valence-corrected chi connectivity index (χ3v) is 2.55. The first-order chi connectivity index (χ1) is 7.24. The SMILES string of the molecule is Cc1ccccc1-n1c(CN)n[nH]c1=S. The number of aromatic nitrogens is 3. The summed E-state index contributed by atoms with van der Waals surface area (Å²) in [5.74, 6) is 0.745. The van der Waals surface area contributed by atoms with Gasteiger partial charge in [0.2, 0.25) is 0 Å². The molecule has 0 spiro atoms. The molecule has 0 unspecified atom stereocenters. The lowest BCUT2D eigenvalue weighted by molar-refractivity contribution is 0.853. The van der Waals surface area contributed by atoms with E-state index in [1.165, 1.54) is 0 Å². The molecule has 2 aromatic rings. The molecule has 2 rings (SSSR count). The average molecular weight is 220 g/mol. The fourth-order valence-electron chi connectivity index (χ4n) is 1.53. The summed E-state index contributed by atoms with van der Waals surface area (Å²) in [6.07, 6.45) is 0. The molecule has 1 aromatic carbocycles. The van der Waals surface area contributed by atoms with Crippen LogP contribution in [0.2, 0.25) is 0 Å². The largest absolute Gasteiger partial charge is 0.324 e. The zero-order chi connectivity index (χ0) is 10.8. The van der Waals surface area contributed by atoms with Crippen molar-refractivity contribution in [1.82, 2.24) is 14.8 Å². The van der Waals surface area contributed by atoms with Crippen LogP contribution in [0.1, 0.15) is 11.4 Å². The van der Waals surface area contributed by atoms with Gasteiger partial charge >= 0.3 is 0 Å². The minimum atomic E-state index is 0.363. The molecule has 0 aliphatic carbocycles. The number of benzene rings is 1. The van der Waals surface area contributed by atoms with E-state index >= 15 is 0 Å². The van der Waals surface area contributed by atoms with Crippen molar-refractivity contribution in [3.8, 4) is 5.69 Å². The number of nitrogens with one attached hydrogen (secondary N) is 1. The van der Waals surface area contributed by atoms with Gasteiger partial charge in [-0.05, 0) is 30.8 Å². The van der Waals surface area contributed by atoms with Gasteiger partial charge < -0.3 is 5.73 Å². The van der Waals surface area contributed by atoms with E-state index in [0.717, 1.165) is 17.1 Å². The van der Waals surface area contributed by atoms with Crippen molar-refractivity contribution in [2.24, 2.45) is 5.73 Å². The van der Waals surface area contributed by atoms with Gasteiger partial charge in [0, 0.05) is 0 Å². The molecule has 0 radical (unpaired) electrons. The molecule has 0 saturated carbocycles. The predicted molar refractivity (Wildman–Crippen MR) is 61.4 cm³/mol. The highest BCUT2D eigenvalue weighted by molar-refractivity contribution is 7.71. The molecule has 0 fully saturated rings. The molecule has 4 nitrogen and oxygen atoms in total. The minimum absolute atomic E-state index is 0.363.